The van der Waals surface area contributed by atoms with E-state index in [0.29, 0.717) is 0 Å². The summed E-state index contributed by atoms with van der Waals surface area (Å²) in [4.78, 5) is 15.3. The Morgan fingerprint density at radius 3 is 2.44 bits per heavy atom. The van der Waals surface area contributed by atoms with Gasteiger partial charge in [-0.05, 0) is 42.1 Å². The van der Waals surface area contributed by atoms with Crippen molar-refractivity contribution in [2.45, 2.75) is 42.3 Å². The molecule has 0 radical (unpaired) electrons. The van der Waals surface area contributed by atoms with Crippen molar-refractivity contribution in [3.05, 3.63) is 19.8 Å². The van der Waals surface area contributed by atoms with Crippen LogP contribution >= 0.6 is 59.1 Å². The van der Waals surface area contributed by atoms with Crippen LogP contribution < -0.4 is 0 Å². The lowest BCUT2D eigenvalue weighted by Gasteiger charge is -2.43. The molecule has 18 heavy (non-hydrogen) atoms. The summed E-state index contributed by atoms with van der Waals surface area (Å²) < 4.78 is 0.413. The summed E-state index contributed by atoms with van der Waals surface area (Å²) in [5, 5.41) is 0. The Morgan fingerprint density at radius 1 is 1.22 bits per heavy atom. The van der Waals surface area contributed by atoms with Gasteiger partial charge >= 0.3 is 0 Å². The Morgan fingerprint density at radius 2 is 1.83 bits per heavy atom. The molecule has 1 saturated carbocycles. The summed E-state index contributed by atoms with van der Waals surface area (Å²) in [6.45, 7) is 2.08. The van der Waals surface area contributed by atoms with Gasteiger partial charge in [0.15, 0.2) is 5.78 Å². The third kappa shape index (κ3) is 1.69. The fraction of sp³-hybridized carbons (Fsp3) is 0.615. The van der Waals surface area contributed by atoms with E-state index in [2.05, 4.69) is 54.7 Å². The molecule has 0 bridgehead atoms. The van der Waals surface area contributed by atoms with Gasteiger partial charge in [0.25, 0.3) is 0 Å². The number of aryl methyl sites for hydroxylation is 1. The number of alkyl halides is 2. The zero-order chi connectivity index (χ0) is 13.1. The van der Waals surface area contributed by atoms with E-state index >= 15 is 0 Å². The molecule has 1 aromatic heterocycles. The second-order valence-electron chi connectivity index (χ2n) is 5.34. The number of Topliss-reactive ketones (excluding diaryl/α,β-unsaturated/α-hetero) is 1. The molecule has 2 aliphatic carbocycles. The van der Waals surface area contributed by atoms with Gasteiger partial charge in [0.05, 0.1) is 0 Å². The summed E-state index contributed by atoms with van der Waals surface area (Å²) in [6, 6.07) is 0. The number of fused-ring (bicyclic) bond motifs is 1. The van der Waals surface area contributed by atoms with E-state index in [1.165, 1.54) is 22.6 Å². The zero-order valence-corrected chi connectivity index (χ0v) is 15.6. The quantitative estimate of drug-likeness (QED) is 0.464. The third-order valence-corrected chi connectivity index (χ3v) is 9.08. The van der Waals surface area contributed by atoms with E-state index in [0.717, 1.165) is 29.3 Å². The maximum absolute atomic E-state index is 12.8. The highest BCUT2D eigenvalue weighted by Crippen LogP contribution is 2.61. The third-order valence-electron chi connectivity index (χ3n) is 4.32. The Hall–Kier alpha value is 0.810. The first-order chi connectivity index (χ1) is 8.39. The number of carbonyl (C=O) groups excluding carboxylic acids is 1. The average molecular weight is 457 g/mol. The maximum Gasteiger partial charge on any atom is 0.193 e. The molecule has 0 unspecified atom stereocenters. The van der Waals surface area contributed by atoms with Crippen LogP contribution in [0.15, 0.2) is 4.47 Å². The number of ketones is 1. The molecule has 1 spiro atoms. The number of hydrogen-bond acceptors (Lipinski definition) is 2. The molecule has 0 atom stereocenters. The Kier molecular flexibility index (Phi) is 3.37. The van der Waals surface area contributed by atoms with Crippen LogP contribution in [-0.4, -0.2) is 9.02 Å². The minimum atomic E-state index is -0.577. The first kappa shape index (κ1) is 13.8. The summed E-state index contributed by atoms with van der Waals surface area (Å²) in [5.74, 6) is 0.196. The molecule has 5 heteroatoms. The normalized spacial score (nSPS) is 24.6. The zero-order valence-electron chi connectivity index (χ0n) is 9.99. The van der Waals surface area contributed by atoms with Crippen molar-refractivity contribution in [1.82, 2.24) is 0 Å². The van der Waals surface area contributed by atoms with E-state index in [4.69, 9.17) is 0 Å². The van der Waals surface area contributed by atoms with E-state index in [1.54, 1.807) is 11.3 Å². The number of thiophene rings is 1. The van der Waals surface area contributed by atoms with Gasteiger partial charge in [-0.15, -0.1) is 11.3 Å². The molecule has 98 valence electrons. The van der Waals surface area contributed by atoms with E-state index < -0.39 is 3.23 Å². The molecule has 1 fully saturated rings. The number of halogens is 3. The monoisotopic (exact) mass is 454 g/mol. The topological polar surface area (TPSA) is 17.1 Å². The molecule has 0 N–H and O–H groups in total. The van der Waals surface area contributed by atoms with Gasteiger partial charge in [-0.3, -0.25) is 4.79 Å². The molecule has 2 aliphatic rings. The first-order valence-corrected chi connectivity index (χ1v) is 9.29. The lowest BCUT2D eigenvalue weighted by molar-refractivity contribution is 0.0889. The molecule has 0 aliphatic heterocycles. The molecule has 3 rings (SSSR count). The van der Waals surface area contributed by atoms with Crippen LogP contribution in [0, 0.1) is 12.3 Å². The highest BCUT2D eigenvalue weighted by Gasteiger charge is 2.58. The minimum absolute atomic E-state index is 0.0633. The van der Waals surface area contributed by atoms with Gasteiger partial charge in [-0.25, -0.2) is 0 Å². The van der Waals surface area contributed by atoms with Gasteiger partial charge in [0.2, 0.25) is 0 Å². The molecule has 1 heterocycles. The Labute approximate surface area is 136 Å². The van der Waals surface area contributed by atoms with Crippen LogP contribution in [0.2, 0.25) is 0 Å². The Bertz CT molecular complexity index is 527. The Balaban J connectivity index is 2.19. The van der Waals surface area contributed by atoms with Crippen molar-refractivity contribution in [2.75, 3.05) is 0 Å². The fourth-order valence-electron chi connectivity index (χ4n) is 3.29. The predicted molar refractivity (Wildman–Crippen MR) is 86.3 cm³/mol. The molecule has 0 amide bonds. The van der Waals surface area contributed by atoms with E-state index in [-0.39, 0.29) is 11.2 Å². The minimum Gasteiger partial charge on any atom is -0.291 e. The van der Waals surface area contributed by atoms with Gasteiger partial charge < -0.3 is 0 Å². The SMILES string of the molecule is Cc1sc2c(c1Br)C(=O)C(Br)(Br)C1(CCCC1)C2. The summed E-state index contributed by atoms with van der Waals surface area (Å²) in [6.07, 6.45) is 5.73. The predicted octanol–water partition coefficient (Wildman–Crippen LogP) is 5.60. The lowest BCUT2D eigenvalue weighted by Crippen LogP contribution is -2.48. The van der Waals surface area contributed by atoms with Gasteiger partial charge in [-0.2, -0.15) is 0 Å². The van der Waals surface area contributed by atoms with Crippen LogP contribution in [0.3, 0.4) is 0 Å². The van der Waals surface area contributed by atoms with Crippen molar-refractivity contribution in [1.29, 1.82) is 0 Å². The van der Waals surface area contributed by atoms with Crippen LogP contribution in [-0.2, 0) is 6.42 Å². The summed E-state index contributed by atoms with van der Waals surface area (Å²) in [5.41, 5.74) is 0.956. The lowest BCUT2D eigenvalue weighted by atomic mass is 9.72. The van der Waals surface area contributed by atoms with Crippen LogP contribution in [0.25, 0.3) is 0 Å². The van der Waals surface area contributed by atoms with Gasteiger partial charge in [0.1, 0.15) is 3.23 Å². The molecule has 0 saturated heterocycles. The van der Waals surface area contributed by atoms with Crippen molar-refractivity contribution in [3.8, 4) is 0 Å². The van der Waals surface area contributed by atoms with Crippen molar-refractivity contribution in [3.63, 3.8) is 0 Å². The second-order valence-corrected chi connectivity index (χ2v) is 10.9. The molecular formula is C13H13Br3OS. The number of rotatable bonds is 0. The summed E-state index contributed by atoms with van der Waals surface area (Å²) in [7, 11) is 0. The standard InChI is InChI=1S/C13H13Br3OS/c1-7-10(14)9-8(18-7)6-12(4-2-3-5-12)13(15,16)11(9)17/h2-6H2,1H3. The van der Waals surface area contributed by atoms with Crippen molar-refractivity contribution in [2.24, 2.45) is 5.41 Å². The van der Waals surface area contributed by atoms with E-state index in [1.807, 2.05) is 0 Å². The molecule has 1 aromatic rings. The van der Waals surface area contributed by atoms with Crippen LogP contribution in [0.5, 0.6) is 0 Å². The fourth-order valence-corrected chi connectivity index (χ4v) is 6.76. The maximum atomic E-state index is 12.8. The largest absolute Gasteiger partial charge is 0.291 e. The molecular weight excluding hydrogens is 444 g/mol. The smallest absolute Gasteiger partial charge is 0.193 e. The molecule has 0 aromatic carbocycles. The van der Waals surface area contributed by atoms with E-state index in [9.17, 15) is 4.79 Å². The van der Waals surface area contributed by atoms with Crippen LogP contribution in [0.1, 0.15) is 45.8 Å². The van der Waals surface area contributed by atoms with Gasteiger partial charge in [-0.1, -0.05) is 44.7 Å². The van der Waals surface area contributed by atoms with Crippen LogP contribution in [0.4, 0.5) is 0 Å². The number of carbonyl (C=O) groups is 1. The highest BCUT2D eigenvalue weighted by molar-refractivity contribution is 9.26. The molecule has 1 nitrogen and oxygen atoms in total. The first-order valence-electron chi connectivity index (χ1n) is 6.09. The highest BCUT2D eigenvalue weighted by atomic mass is 79.9. The summed E-state index contributed by atoms with van der Waals surface area (Å²) >= 11 is 12.8. The van der Waals surface area contributed by atoms with Crippen molar-refractivity contribution < 1.29 is 4.79 Å². The van der Waals surface area contributed by atoms with Crippen molar-refractivity contribution >= 4 is 64.9 Å². The van der Waals surface area contributed by atoms with Gasteiger partial charge in [0, 0.05) is 25.2 Å². The average Bonchev–Trinajstić information content (AvgIpc) is 2.86. The second kappa shape index (κ2) is 4.40. The number of hydrogen-bond donors (Lipinski definition) is 0.